The quantitative estimate of drug-likeness (QED) is 0.122. The van der Waals surface area contributed by atoms with Crippen molar-refractivity contribution >= 4 is 74.9 Å². The van der Waals surface area contributed by atoms with Gasteiger partial charge in [-0.3, -0.25) is 18.5 Å². The molecule has 0 spiro atoms. The summed E-state index contributed by atoms with van der Waals surface area (Å²) in [5.74, 6) is -1.74. The molecule has 41 heavy (non-hydrogen) atoms. The Morgan fingerprint density at radius 2 is 1.51 bits per heavy atom. The van der Waals surface area contributed by atoms with Crippen molar-refractivity contribution < 1.29 is 48.8 Å². The second-order valence-electron chi connectivity index (χ2n) is 8.48. The van der Waals surface area contributed by atoms with Crippen LogP contribution in [-0.4, -0.2) is 63.5 Å². The molecule has 0 aliphatic rings. The number of hydrogen-bond donors (Lipinski definition) is 6. The Bertz CT molecular complexity index is 2090. The lowest BCUT2D eigenvalue weighted by molar-refractivity contribution is -0.115. The number of carbonyl (C=O) groups excluding carboxylic acids is 1. The SMILES string of the molecule is CNCC(=O)Nc1cc(S(=O)(=O)O)cc2cc(S(=O)(=O)O)c(N=Nc3ccc4ccccc4c3S(=O)(=O)O)c(O)c12. The molecule has 0 atom stereocenters. The summed E-state index contributed by atoms with van der Waals surface area (Å²) in [5, 5.41) is 23.1. The van der Waals surface area contributed by atoms with Gasteiger partial charge in [-0.1, -0.05) is 30.3 Å². The number of azo groups is 1. The van der Waals surface area contributed by atoms with E-state index in [9.17, 15) is 48.8 Å². The molecule has 0 radical (unpaired) electrons. The summed E-state index contributed by atoms with van der Waals surface area (Å²) in [5.41, 5.74) is -1.77. The van der Waals surface area contributed by atoms with Crippen LogP contribution >= 0.6 is 0 Å². The molecule has 1 amide bonds. The van der Waals surface area contributed by atoms with Gasteiger partial charge < -0.3 is 15.7 Å². The molecule has 4 rings (SSSR count). The van der Waals surface area contributed by atoms with Crippen LogP contribution in [0.2, 0.25) is 0 Å². The Labute approximate surface area is 232 Å². The minimum absolute atomic E-state index is 0.0523. The van der Waals surface area contributed by atoms with Crippen molar-refractivity contribution in [2.24, 2.45) is 10.2 Å². The van der Waals surface area contributed by atoms with Crippen LogP contribution < -0.4 is 10.6 Å². The first-order valence-corrected chi connectivity index (χ1v) is 15.5. The van der Waals surface area contributed by atoms with E-state index in [2.05, 4.69) is 20.9 Å². The minimum atomic E-state index is -5.21. The molecule has 4 aromatic rings. The van der Waals surface area contributed by atoms with E-state index in [1.165, 1.54) is 25.2 Å². The number of nitrogens with one attached hydrogen (secondary N) is 2. The molecule has 0 saturated carbocycles. The van der Waals surface area contributed by atoms with E-state index in [0.29, 0.717) is 11.5 Å². The first-order valence-electron chi connectivity index (χ1n) is 11.2. The largest absolute Gasteiger partial charge is 0.505 e. The van der Waals surface area contributed by atoms with Gasteiger partial charge in [-0.2, -0.15) is 25.3 Å². The Morgan fingerprint density at radius 1 is 0.829 bits per heavy atom. The fourth-order valence-corrected chi connectivity index (χ4v) is 6.08. The van der Waals surface area contributed by atoms with Crippen LogP contribution in [-0.2, 0) is 35.1 Å². The van der Waals surface area contributed by atoms with Crippen LogP contribution in [0.1, 0.15) is 0 Å². The lowest BCUT2D eigenvalue weighted by atomic mass is 10.1. The number of phenols is 1. The van der Waals surface area contributed by atoms with E-state index in [0.717, 1.165) is 18.2 Å². The van der Waals surface area contributed by atoms with Gasteiger partial charge in [0.25, 0.3) is 30.4 Å². The minimum Gasteiger partial charge on any atom is -0.505 e. The maximum Gasteiger partial charge on any atom is 0.297 e. The summed E-state index contributed by atoms with van der Waals surface area (Å²) in [7, 11) is -13.6. The average Bonchev–Trinajstić information content (AvgIpc) is 2.85. The van der Waals surface area contributed by atoms with Crippen molar-refractivity contribution in [3.05, 3.63) is 54.6 Å². The van der Waals surface area contributed by atoms with Gasteiger partial charge in [-0.15, -0.1) is 10.2 Å². The number of rotatable bonds is 8. The summed E-state index contributed by atoms with van der Waals surface area (Å²) in [6.07, 6.45) is 0. The van der Waals surface area contributed by atoms with Crippen molar-refractivity contribution in [3.63, 3.8) is 0 Å². The normalized spacial score (nSPS) is 12.8. The lowest BCUT2D eigenvalue weighted by Crippen LogP contribution is -2.25. The van der Waals surface area contributed by atoms with Crippen molar-refractivity contribution in [1.29, 1.82) is 0 Å². The second kappa shape index (κ2) is 10.7. The van der Waals surface area contributed by atoms with Crippen molar-refractivity contribution in [1.82, 2.24) is 5.32 Å². The average molecular weight is 625 g/mol. The number of benzene rings is 4. The molecule has 0 aromatic heterocycles. The molecular formula is C23H20N4O11S3. The number of amides is 1. The number of phenolic OH excluding ortho intramolecular Hbond substituents is 1. The fraction of sp³-hybridized carbons (Fsp3) is 0.0870. The van der Waals surface area contributed by atoms with Crippen LogP contribution in [0.15, 0.2) is 79.5 Å². The predicted octanol–water partition coefficient (Wildman–Crippen LogP) is 3.01. The van der Waals surface area contributed by atoms with Gasteiger partial charge in [-0.05, 0) is 42.1 Å². The molecular weight excluding hydrogens is 604 g/mol. The molecule has 0 fully saturated rings. The van der Waals surface area contributed by atoms with Gasteiger partial charge in [0.05, 0.1) is 17.1 Å². The highest BCUT2D eigenvalue weighted by Crippen LogP contribution is 2.45. The number of hydrogen-bond acceptors (Lipinski definition) is 11. The number of nitrogens with zero attached hydrogens (tertiary/aromatic N) is 2. The molecule has 0 aliphatic carbocycles. The number of fused-ring (bicyclic) bond motifs is 2. The predicted molar refractivity (Wildman–Crippen MR) is 146 cm³/mol. The van der Waals surface area contributed by atoms with Gasteiger partial charge in [0, 0.05) is 10.8 Å². The second-order valence-corrected chi connectivity index (χ2v) is 12.6. The van der Waals surface area contributed by atoms with E-state index in [4.69, 9.17) is 0 Å². The van der Waals surface area contributed by atoms with E-state index in [1.54, 1.807) is 12.1 Å². The zero-order valence-corrected chi connectivity index (χ0v) is 23.1. The molecule has 216 valence electrons. The molecule has 6 N–H and O–H groups in total. The Kier molecular flexibility index (Phi) is 7.84. The third-order valence-electron chi connectivity index (χ3n) is 5.69. The molecule has 0 heterocycles. The number of anilines is 1. The maximum absolute atomic E-state index is 12.3. The summed E-state index contributed by atoms with van der Waals surface area (Å²) >= 11 is 0. The molecule has 0 bridgehead atoms. The zero-order valence-electron chi connectivity index (χ0n) is 20.7. The monoisotopic (exact) mass is 624 g/mol. The number of likely N-dealkylation sites (N-methyl/N-ethyl adjacent to an activating group) is 1. The van der Waals surface area contributed by atoms with E-state index >= 15 is 0 Å². The van der Waals surface area contributed by atoms with Crippen LogP contribution in [0.4, 0.5) is 17.1 Å². The third kappa shape index (κ3) is 6.17. The molecule has 0 saturated heterocycles. The van der Waals surface area contributed by atoms with E-state index in [1.807, 2.05) is 0 Å². The van der Waals surface area contributed by atoms with Crippen LogP contribution in [0.3, 0.4) is 0 Å². The first kappa shape index (κ1) is 29.9. The lowest BCUT2D eigenvalue weighted by Gasteiger charge is -2.15. The molecule has 4 aromatic carbocycles. The summed E-state index contributed by atoms with van der Waals surface area (Å²) < 4.78 is 102. The van der Waals surface area contributed by atoms with Crippen LogP contribution in [0, 0.1) is 0 Å². The molecule has 15 nitrogen and oxygen atoms in total. The van der Waals surface area contributed by atoms with Gasteiger partial charge in [0.1, 0.15) is 21.2 Å². The summed E-state index contributed by atoms with van der Waals surface area (Å²) in [4.78, 5) is 9.72. The van der Waals surface area contributed by atoms with Crippen molar-refractivity contribution in [2.45, 2.75) is 14.7 Å². The highest BCUT2D eigenvalue weighted by atomic mass is 32.2. The standard InChI is InChI=1S/C23H20N4O11S3/c1-24-11-19(28)25-17-10-14(39(30,31)32)8-13-9-18(40(33,34)35)21(22(29)20(13)17)27-26-16-7-6-12-4-2-3-5-15(12)23(16)41(36,37)38/h2-10,24,29H,11H2,1H3,(H,25,28)(H,30,31,32)(H,33,34,35)(H,36,37,38). The van der Waals surface area contributed by atoms with Crippen LogP contribution in [0.5, 0.6) is 5.75 Å². The van der Waals surface area contributed by atoms with E-state index < -0.39 is 73.8 Å². The topological polar surface area (TPSA) is 249 Å². The highest BCUT2D eigenvalue weighted by Gasteiger charge is 2.26. The van der Waals surface area contributed by atoms with Gasteiger partial charge in [0.15, 0.2) is 5.75 Å². The number of carbonyl (C=O) groups is 1. The van der Waals surface area contributed by atoms with Crippen LogP contribution in [0.25, 0.3) is 21.5 Å². The van der Waals surface area contributed by atoms with Gasteiger partial charge in [0.2, 0.25) is 5.91 Å². The van der Waals surface area contributed by atoms with Crippen molar-refractivity contribution in [3.8, 4) is 5.75 Å². The maximum atomic E-state index is 12.3. The van der Waals surface area contributed by atoms with Crippen molar-refractivity contribution in [2.75, 3.05) is 18.9 Å². The van der Waals surface area contributed by atoms with Gasteiger partial charge in [-0.25, -0.2) is 0 Å². The third-order valence-corrected chi connectivity index (χ3v) is 8.33. The molecule has 0 aliphatic heterocycles. The number of aromatic hydroxyl groups is 1. The smallest absolute Gasteiger partial charge is 0.297 e. The zero-order chi connectivity index (χ0) is 30.3. The fourth-order valence-electron chi connectivity index (χ4n) is 4.04. The Morgan fingerprint density at radius 3 is 2.12 bits per heavy atom. The van der Waals surface area contributed by atoms with E-state index in [-0.39, 0.29) is 22.7 Å². The van der Waals surface area contributed by atoms with Gasteiger partial charge >= 0.3 is 0 Å². The molecule has 0 unspecified atom stereocenters. The first-order chi connectivity index (χ1) is 19.0. The summed E-state index contributed by atoms with van der Waals surface area (Å²) in [6.45, 7) is -0.269. The Hall–Kier alpha value is -4.04. The molecule has 18 heteroatoms. The summed E-state index contributed by atoms with van der Waals surface area (Å²) in [6, 6.07) is 10.9. The Balaban J connectivity index is 2.06. The highest BCUT2D eigenvalue weighted by molar-refractivity contribution is 7.86.